The number of phenolic OH excluding ortho intramolecular Hbond substituents is 2. The summed E-state index contributed by atoms with van der Waals surface area (Å²) in [6.07, 6.45) is 5.31. The van der Waals surface area contributed by atoms with E-state index in [-0.39, 0.29) is 11.5 Å². The summed E-state index contributed by atoms with van der Waals surface area (Å²) in [5.74, 6) is 1.65. The Morgan fingerprint density at radius 1 is 0.706 bits per heavy atom. The van der Waals surface area contributed by atoms with Crippen LogP contribution in [0.15, 0.2) is 34.3 Å². The van der Waals surface area contributed by atoms with E-state index in [1.54, 1.807) is 38.8 Å². The molecule has 0 atom stereocenters. The normalized spacial score (nSPS) is 11.5. The molecule has 186 valence electrons. The molecule has 0 aliphatic carbocycles. The van der Waals surface area contributed by atoms with Crippen molar-refractivity contribution in [1.29, 1.82) is 0 Å². The molecule has 0 unspecified atom stereocenters. The van der Waals surface area contributed by atoms with Crippen LogP contribution in [-0.2, 0) is 0 Å². The maximum atomic E-state index is 10.1. The van der Waals surface area contributed by atoms with E-state index in [9.17, 15) is 10.2 Å². The first-order chi connectivity index (χ1) is 16.5. The number of aliphatic imine (C=N–C) groups is 2. The van der Waals surface area contributed by atoms with Crippen LogP contribution in [0.5, 0.6) is 23.0 Å². The Hall–Kier alpha value is -3.10. The first-order valence-electron chi connectivity index (χ1n) is 11.6. The van der Waals surface area contributed by atoms with Gasteiger partial charge in [0.2, 0.25) is 0 Å². The van der Waals surface area contributed by atoms with E-state index in [4.69, 9.17) is 9.47 Å². The molecule has 0 aliphatic rings. The van der Waals surface area contributed by atoms with Crippen molar-refractivity contribution in [3.05, 3.63) is 46.5 Å². The van der Waals surface area contributed by atoms with Crippen molar-refractivity contribution in [3.8, 4) is 23.0 Å². The number of nitrogens with zero attached hydrogens (tertiary/aromatic N) is 2. The standard InChI is InChI=1S/C26H38N4O4/c1-19-13-21(33-3)15-25(31)23(19)17-29-9-5-7-27-11-12-28-8-6-10-30-18-24-20(2)14-22(34-4)16-26(24)32/h13-18,27-28,31-32H,5-12H2,1-4H3. The number of hydrogen-bond donors (Lipinski definition) is 4. The van der Waals surface area contributed by atoms with Gasteiger partial charge in [-0.15, -0.1) is 0 Å². The highest BCUT2D eigenvalue weighted by Gasteiger charge is 2.06. The molecule has 34 heavy (non-hydrogen) atoms. The summed E-state index contributed by atoms with van der Waals surface area (Å²) < 4.78 is 10.3. The average molecular weight is 471 g/mol. The van der Waals surface area contributed by atoms with Crippen LogP contribution in [-0.4, -0.2) is 76.1 Å². The molecule has 4 N–H and O–H groups in total. The molecule has 0 heterocycles. The smallest absolute Gasteiger partial charge is 0.128 e. The second-order valence-corrected chi connectivity index (χ2v) is 8.03. The number of nitrogens with one attached hydrogen (secondary N) is 2. The van der Waals surface area contributed by atoms with Gasteiger partial charge in [0, 0.05) is 61.9 Å². The van der Waals surface area contributed by atoms with Crippen molar-refractivity contribution < 1.29 is 19.7 Å². The lowest BCUT2D eigenvalue weighted by molar-refractivity contribution is 0.406. The van der Waals surface area contributed by atoms with E-state index in [1.807, 2.05) is 26.0 Å². The molecule has 2 aromatic carbocycles. The molecule has 0 bridgehead atoms. The van der Waals surface area contributed by atoms with Crippen LogP contribution >= 0.6 is 0 Å². The number of aryl methyl sites for hydroxylation is 2. The maximum Gasteiger partial charge on any atom is 0.128 e. The predicted octanol–water partition coefficient (Wildman–Crippen LogP) is 3.23. The zero-order valence-electron chi connectivity index (χ0n) is 20.7. The van der Waals surface area contributed by atoms with Crippen LogP contribution in [0.1, 0.15) is 35.1 Å². The number of aromatic hydroxyl groups is 2. The second kappa shape index (κ2) is 14.9. The van der Waals surface area contributed by atoms with Crippen molar-refractivity contribution >= 4 is 12.4 Å². The summed E-state index contributed by atoms with van der Waals surface area (Å²) in [5, 5.41) is 26.9. The van der Waals surface area contributed by atoms with E-state index in [2.05, 4.69) is 20.6 Å². The van der Waals surface area contributed by atoms with E-state index in [0.717, 1.165) is 61.3 Å². The third kappa shape index (κ3) is 9.03. The molecular weight excluding hydrogens is 432 g/mol. The molecule has 0 aromatic heterocycles. The highest BCUT2D eigenvalue weighted by atomic mass is 16.5. The van der Waals surface area contributed by atoms with E-state index in [0.29, 0.717) is 24.6 Å². The summed E-state index contributed by atoms with van der Waals surface area (Å²) in [7, 11) is 3.16. The summed E-state index contributed by atoms with van der Waals surface area (Å²) in [6.45, 7) is 8.82. The SMILES string of the molecule is COc1cc(C)c(C=NCCCNCCNCCCN=Cc2c(C)cc(OC)cc2O)c(O)c1. The van der Waals surface area contributed by atoms with Crippen LogP contribution in [0, 0.1) is 13.8 Å². The summed E-state index contributed by atoms with van der Waals surface area (Å²) in [5.41, 5.74) is 3.34. The summed E-state index contributed by atoms with van der Waals surface area (Å²) in [6, 6.07) is 6.97. The molecule has 0 aliphatic heterocycles. The molecule has 0 saturated heterocycles. The molecule has 8 heteroatoms. The predicted molar refractivity (Wildman–Crippen MR) is 139 cm³/mol. The van der Waals surface area contributed by atoms with Crippen molar-refractivity contribution in [2.75, 3.05) is 53.5 Å². The molecule has 0 radical (unpaired) electrons. The average Bonchev–Trinajstić information content (AvgIpc) is 2.81. The first-order valence-corrected chi connectivity index (χ1v) is 11.6. The zero-order chi connectivity index (χ0) is 24.8. The quantitative estimate of drug-likeness (QED) is 0.235. The Labute approximate surface area is 202 Å². The summed E-state index contributed by atoms with van der Waals surface area (Å²) >= 11 is 0. The fraction of sp³-hybridized carbons (Fsp3) is 0.462. The fourth-order valence-electron chi connectivity index (χ4n) is 3.40. The third-order valence-electron chi connectivity index (χ3n) is 5.35. The van der Waals surface area contributed by atoms with Crippen LogP contribution in [0.3, 0.4) is 0 Å². The number of benzene rings is 2. The molecule has 0 saturated carbocycles. The third-order valence-corrected chi connectivity index (χ3v) is 5.35. The second-order valence-electron chi connectivity index (χ2n) is 8.03. The Morgan fingerprint density at radius 3 is 1.47 bits per heavy atom. The number of ether oxygens (including phenoxy) is 2. The molecule has 2 aromatic rings. The lowest BCUT2D eigenvalue weighted by Crippen LogP contribution is -2.29. The van der Waals surface area contributed by atoms with Gasteiger partial charge in [0.1, 0.15) is 23.0 Å². The lowest BCUT2D eigenvalue weighted by atomic mass is 10.1. The van der Waals surface area contributed by atoms with Gasteiger partial charge in [-0.05, 0) is 63.0 Å². The zero-order valence-corrected chi connectivity index (χ0v) is 20.7. The van der Waals surface area contributed by atoms with Crippen LogP contribution in [0.2, 0.25) is 0 Å². The van der Waals surface area contributed by atoms with Crippen molar-refractivity contribution in [3.63, 3.8) is 0 Å². The highest BCUT2D eigenvalue weighted by Crippen LogP contribution is 2.26. The Balaban J connectivity index is 1.51. The Bertz CT molecular complexity index is 836. The maximum absolute atomic E-state index is 10.1. The molecular formula is C26H38N4O4. The highest BCUT2D eigenvalue weighted by molar-refractivity contribution is 5.86. The number of rotatable bonds is 15. The van der Waals surface area contributed by atoms with Crippen LogP contribution < -0.4 is 20.1 Å². The summed E-state index contributed by atoms with van der Waals surface area (Å²) in [4.78, 5) is 8.84. The van der Waals surface area contributed by atoms with Gasteiger partial charge in [-0.2, -0.15) is 0 Å². The Kier molecular flexibility index (Phi) is 11.9. The molecule has 0 amide bonds. The van der Waals surface area contributed by atoms with Crippen molar-refractivity contribution in [2.45, 2.75) is 26.7 Å². The van der Waals surface area contributed by atoms with Gasteiger partial charge in [-0.1, -0.05) is 0 Å². The molecule has 8 nitrogen and oxygen atoms in total. The van der Waals surface area contributed by atoms with E-state index in [1.165, 1.54) is 0 Å². The topological polar surface area (TPSA) is 108 Å². The first kappa shape index (κ1) is 27.1. The van der Waals surface area contributed by atoms with Gasteiger partial charge in [0.25, 0.3) is 0 Å². The number of methoxy groups -OCH3 is 2. The molecule has 0 fully saturated rings. The van der Waals surface area contributed by atoms with Gasteiger partial charge in [0.05, 0.1) is 14.2 Å². The van der Waals surface area contributed by atoms with E-state index < -0.39 is 0 Å². The number of phenols is 2. The molecule has 2 rings (SSSR count). The minimum atomic E-state index is 0.185. The van der Waals surface area contributed by atoms with Crippen molar-refractivity contribution in [1.82, 2.24) is 10.6 Å². The largest absolute Gasteiger partial charge is 0.507 e. The monoisotopic (exact) mass is 470 g/mol. The van der Waals surface area contributed by atoms with Gasteiger partial charge in [0.15, 0.2) is 0 Å². The molecule has 0 spiro atoms. The number of hydrogen-bond acceptors (Lipinski definition) is 8. The van der Waals surface area contributed by atoms with Crippen molar-refractivity contribution in [2.24, 2.45) is 9.98 Å². The van der Waals surface area contributed by atoms with Crippen LogP contribution in [0.25, 0.3) is 0 Å². The van der Waals surface area contributed by atoms with Crippen LogP contribution in [0.4, 0.5) is 0 Å². The fourth-order valence-corrected chi connectivity index (χ4v) is 3.40. The Morgan fingerprint density at radius 2 is 1.12 bits per heavy atom. The van der Waals surface area contributed by atoms with Gasteiger partial charge < -0.3 is 30.3 Å². The lowest BCUT2D eigenvalue weighted by Gasteiger charge is -2.07. The van der Waals surface area contributed by atoms with Gasteiger partial charge in [-0.25, -0.2) is 0 Å². The minimum absolute atomic E-state index is 0.185. The minimum Gasteiger partial charge on any atom is -0.507 e. The van der Waals surface area contributed by atoms with Gasteiger partial charge >= 0.3 is 0 Å². The van der Waals surface area contributed by atoms with Gasteiger partial charge in [-0.3, -0.25) is 9.98 Å². The van der Waals surface area contributed by atoms with E-state index >= 15 is 0 Å².